The molecular formula is C6H3ClF5N3S. The van der Waals surface area contributed by atoms with Crippen LogP contribution >= 0.6 is 21.8 Å². The van der Waals surface area contributed by atoms with Crippen LogP contribution in [-0.2, 0) is 0 Å². The van der Waals surface area contributed by atoms with Gasteiger partial charge < -0.3 is 0 Å². The van der Waals surface area contributed by atoms with Crippen LogP contribution < -0.4 is 0 Å². The maximum absolute atomic E-state index is 12.3. The first-order valence-corrected chi connectivity index (χ1v) is 5.86. The van der Waals surface area contributed by atoms with Crippen LogP contribution in [0.1, 0.15) is 0 Å². The second kappa shape index (κ2) is 2.93. The van der Waals surface area contributed by atoms with E-state index < -0.39 is 20.1 Å². The second-order valence-electron chi connectivity index (χ2n) is 2.77. The van der Waals surface area contributed by atoms with Gasteiger partial charge in [-0.05, 0) is 23.7 Å². The van der Waals surface area contributed by atoms with Gasteiger partial charge in [0.05, 0.1) is 10.7 Å². The Labute approximate surface area is 91.2 Å². The van der Waals surface area contributed by atoms with Crippen molar-refractivity contribution >= 4 is 27.5 Å². The van der Waals surface area contributed by atoms with E-state index in [1.54, 1.807) is 0 Å². The molecule has 16 heavy (non-hydrogen) atoms. The maximum Gasteiger partial charge on any atom is 0.310 e. The third-order valence-corrected chi connectivity index (χ3v) is 2.96. The van der Waals surface area contributed by atoms with E-state index in [4.69, 9.17) is 17.1 Å². The first-order chi connectivity index (χ1) is 6.94. The predicted molar refractivity (Wildman–Crippen MR) is 51.7 cm³/mol. The average Bonchev–Trinajstić information content (AvgIpc) is 2.04. The Bertz CT molecular complexity index is 492. The number of hydrogen-bond donors (Lipinski definition) is 0. The molecule has 0 aromatic heterocycles. The minimum atomic E-state index is -9.73. The molecule has 0 amide bonds. The molecule has 0 atom stereocenters. The van der Waals surface area contributed by atoms with Gasteiger partial charge >= 0.3 is 10.2 Å². The number of hydrogen-bond acceptors (Lipinski definition) is 1. The van der Waals surface area contributed by atoms with Crippen LogP contribution in [0.5, 0.6) is 0 Å². The van der Waals surface area contributed by atoms with Gasteiger partial charge in [-0.25, -0.2) is 0 Å². The summed E-state index contributed by atoms with van der Waals surface area (Å²) in [5.74, 6) is 0. The van der Waals surface area contributed by atoms with E-state index >= 15 is 0 Å². The van der Waals surface area contributed by atoms with Crippen LogP contribution in [0.15, 0.2) is 28.2 Å². The summed E-state index contributed by atoms with van der Waals surface area (Å²) < 4.78 is 61.4. The molecule has 0 bridgehead atoms. The Morgan fingerprint density at radius 3 is 2.12 bits per heavy atom. The summed E-state index contributed by atoms with van der Waals surface area (Å²) in [6.45, 7) is 0. The summed E-state index contributed by atoms with van der Waals surface area (Å²) in [6.07, 6.45) is 0. The number of nitrogens with zero attached hydrogens (tertiary/aromatic N) is 3. The standard InChI is InChI=1S/C6H3ClF5N3S/c7-5-3-4(16(8,9,10,11)12)1-2-6(5)14-15-13/h1-3H. The molecule has 0 unspecified atom stereocenters. The molecule has 0 aliphatic heterocycles. The van der Waals surface area contributed by atoms with Gasteiger partial charge in [0.15, 0.2) is 0 Å². The Kier molecular flexibility index (Phi) is 2.36. The highest BCUT2D eigenvalue weighted by molar-refractivity contribution is 8.45. The Balaban J connectivity index is 3.45. The highest BCUT2D eigenvalue weighted by Gasteiger charge is 2.65. The van der Waals surface area contributed by atoms with Gasteiger partial charge in [0, 0.05) is 4.91 Å². The number of benzene rings is 1. The summed E-state index contributed by atoms with van der Waals surface area (Å²) >= 11 is 5.26. The first-order valence-electron chi connectivity index (χ1n) is 3.53. The zero-order valence-corrected chi connectivity index (χ0v) is 8.82. The van der Waals surface area contributed by atoms with Gasteiger partial charge in [-0.3, -0.25) is 0 Å². The van der Waals surface area contributed by atoms with Crippen molar-refractivity contribution < 1.29 is 19.4 Å². The van der Waals surface area contributed by atoms with Gasteiger partial charge in [-0.2, -0.15) is 0 Å². The summed E-state index contributed by atoms with van der Waals surface area (Å²) in [6, 6.07) is 0.736. The lowest BCUT2D eigenvalue weighted by Gasteiger charge is -2.40. The smallest absolute Gasteiger partial charge is 0.0936 e. The van der Waals surface area contributed by atoms with Crippen molar-refractivity contribution in [3.05, 3.63) is 33.7 Å². The summed E-state index contributed by atoms with van der Waals surface area (Å²) in [7, 11) is -9.73. The molecule has 1 rings (SSSR count). The lowest BCUT2D eigenvalue weighted by atomic mass is 10.3. The quantitative estimate of drug-likeness (QED) is 0.278. The van der Waals surface area contributed by atoms with Crippen molar-refractivity contribution in [2.75, 3.05) is 0 Å². The van der Waals surface area contributed by atoms with Crippen molar-refractivity contribution in [1.82, 2.24) is 0 Å². The molecular weight excluding hydrogens is 277 g/mol. The molecule has 1 aromatic rings. The van der Waals surface area contributed by atoms with E-state index in [9.17, 15) is 19.4 Å². The summed E-state index contributed by atoms with van der Waals surface area (Å²) in [5.41, 5.74) is 7.66. The number of halogens is 6. The molecule has 90 valence electrons. The largest absolute Gasteiger partial charge is 0.310 e. The van der Waals surface area contributed by atoms with E-state index in [2.05, 4.69) is 10.0 Å². The van der Waals surface area contributed by atoms with Gasteiger partial charge in [-0.15, -0.1) is 0 Å². The van der Waals surface area contributed by atoms with E-state index in [1.807, 2.05) is 0 Å². The molecule has 3 nitrogen and oxygen atoms in total. The van der Waals surface area contributed by atoms with Crippen molar-refractivity contribution in [3.8, 4) is 0 Å². The fourth-order valence-corrected chi connectivity index (χ4v) is 1.81. The Morgan fingerprint density at radius 1 is 1.19 bits per heavy atom. The van der Waals surface area contributed by atoms with E-state index in [0.717, 1.165) is 0 Å². The van der Waals surface area contributed by atoms with Crippen molar-refractivity contribution in [2.45, 2.75) is 4.90 Å². The number of rotatable bonds is 2. The first kappa shape index (κ1) is 12.9. The zero-order valence-electron chi connectivity index (χ0n) is 7.25. The van der Waals surface area contributed by atoms with Crippen LogP contribution in [0.3, 0.4) is 0 Å². The van der Waals surface area contributed by atoms with E-state index in [1.165, 1.54) is 0 Å². The fourth-order valence-electron chi connectivity index (χ4n) is 0.857. The van der Waals surface area contributed by atoms with Gasteiger partial charge in [0.25, 0.3) is 0 Å². The average molecular weight is 280 g/mol. The van der Waals surface area contributed by atoms with Gasteiger partial charge in [0.2, 0.25) is 0 Å². The van der Waals surface area contributed by atoms with E-state index in [0.29, 0.717) is 6.07 Å². The normalized spacial score (nSPS) is 15.9. The van der Waals surface area contributed by atoms with Crippen LogP contribution in [0.25, 0.3) is 10.4 Å². The minimum Gasteiger partial charge on any atom is -0.0936 e. The fraction of sp³-hybridized carbons (Fsp3) is 0. The Hall–Kier alpha value is -1.18. The second-order valence-corrected chi connectivity index (χ2v) is 5.59. The van der Waals surface area contributed by atoms with Crippen molar-refractivity contribution in [2.24, 2.45) is 5.11 Å². The molecule has 1 aromatic carbocycles. The third-order valence-electron chi connectivity index (χ3n) is 1.52. The maximum atomic E-state index is 12.3. The molecule has 0 aliphatic carbocycles. The molecule has 0 spiro atoms. The molecule has 10 heteroatoms. The predicted octanol–water partition coefficient (Wildman–Crippen LogP) is 5.94. The monoisotopic (exact) mass is 279 g/mol. The minimum absolute atomic E-state index is 0.0348. The molecule has 0 radical (unpaired) electrons. The third kappa shape index (κ3) is 2.91. The topological polar surface area (TPSA) is 48.8 Å². The van der Waals surface area contributed by atoms with Crippen molar-refractivity contribution in [3.63, 3.8) is 0 Å². The summed E-state index contributed by atoms with van der Waals surface area (Å²) in [5, 5.41) is 2.23. The van der Waals surface area contributed by atoms with E-state index in [-0.39, 0.29) is 17.8 Å². The van der Waals surface area contributed by atoms with Crippen LogP contribution in [0.2, 0.25) is 5.02 Å². The van der Waals surface area contributed by atoms with Crippen LogP contribution in [0, 0.1) is 0 Å². The zero-order chi connectivity index (χ0) is 12.7. The molecule has 0 fully saturated rings. The molecule has 0 saturated carbocycles. The number of azide groups is 1. The molecule has 0 saturated heterocycles. The van der Waals surface area contributed by atoms with Gasteiger partial charge in [-0.1, -0.05) is 36.1 Å². The van der Waals surface area contributed by atoms with Gasteiger partial charge in [0.1, 0.15) is 4.90 Å². The highest BCUT2D eigenvalue weighted by Crippen LogP contribution is 3.02. The highest BCUT2D eigenvalue weighted by atomic mass is 35.5. The molecule has 0 N–H and O–H groups in total. The van der Waals surface area contributed by atoms with Crippen LogP contribution in [-0.4, -0.2) is 0 Å². The molecule has 0 aliphatic rings. The lowest BCUT2D eigenvalue weighted by Crippen LogP contribution is -2.05. The van der Waals surface area contributed by atoms with Crippen LogP contribution in [0.4, 0.5) is 25.1 Å². The molecule has 0 heterocycles. The SMILES string of the molecule is [N-]=[N+]=Nc1ccc(S(F)(F)(F)(F)F)cc1Cl. The van der Waals surface area contributed by atoms with Crippen molar-refractivity contribution in [1.29, 1.82) is 0 Å². The summed E-state index contributed by atoms with van der Waals surface area (Å²) in [4.78, 5) is 0.151. The lowest BCUT2D eigenvalue weighted by molar-refractivity contribution is 0.364. The Morgan fingerprint density at radius 2 is 1.75 bits per heavy atom.